The normalized spacial score (nSPS) is 31.2. The summed E-state index contributed by atoms with van der Waals surface area (Å²) in [5, 5.41) is 6.63. The largest absolute Gasteiger partial charge is 0.301 e. The molecule has 0 saturated carbocycles. The summed E-state index contributed by atoms with van der Waals surface area (Å²) in [7, 11) is 0. The van der Waals surface area contributed by atoms with E-state index in [1.807, 2.05) is 0 Å². The molecule has 1 aliphatic heterocycles. The van der Waals surface area contributed by atoms with Crippen LogP contribution in [0, 0.1) is 0 Å². The summed E-state index contributed by atoms with van der Waals surface area (Å²) >= 11 is 0. The lowest BCUT2D eigenvalue weighted by atomic mass is 9.99. The first kappa shape index (κ1) is 6.13. The average Bonchev–Trinajstić information content (AvgIpc) is 2.05. The molecule has 0 aromatic rings. The quantitative estimate of drug-likeness (QED) is 0.471. The fourth-order valence-corrected chi connectivity index (χ4v) is 1.45. The Morgan fingerprint density at radius 2 is 2.50 bits per heavy atom. The van der Waals surface area contributed by atoms with E-state index in [0.717, 1.165) is 19.6 Å². The second kappa shape index (κ2) is 2.56. The molecule has 2 rings (SSSR count). The van der Waals surface area contributed by atoms with Gasteiger partial charge >= 0.3 is 0 Å². The topological polar surface area (TPSA) is 24.1 Å². The van der Waals surface area contributed by atoms with Crippen LogP contribution >= 0.6 is 0 Å². The zero-order valence-electron chi connectivity index (χ0n) is 5.93. The van der Waals surface area contributed by atoms with Crippen LogP contribution in [0.4, 0.5) is 0 Å². The second-order valence-corrected chi connectivity index (χ2v) is 2.73. The first-order valence-electron chi connectivity index (χ1n) is 3.76. The molecule has 0 amide bonds. The van der Waals surface area contributed by atoms with Gasteiger partial charge in [0.25, 0.3) is 0 Å². The van der Waals surface area contributed by atoms with E-state index < -0.39 is 0 Å². The molecule has 1 aliphatic carbocycles. The van der Waals surface area contributed by atoms with Crippen LogP contribution < -0.4 is 10.6 Å². The van der Waals surface area contributed by atoms with Crippen molar-refractivity contribution in [2.45, 2.75) is 12.5 Å². The van der Waals surface area contributed by atoms with Crippen LogP contribution in [0.3, 0.4) is 0 Å². The zero-order chi connectivity index (χ0) is 6.81. The lowest BCUT2D eigenvalue weighted by Crippen LogP contribution is -2.46. The minimum absolute atomic E-state index is 0.523. The SMILES string of the molecule is C1=CC2NCNCC2=CC1. The highest BCUT2D eigenvalue weighted by Gasteiger charge is 2.15. The first-order chi connectivity index (χ1) is 4.97. The average molecular weight is 136 g/mol. The molecule has 0 radical (unpaired) electrons. The van der Waals surface area contributed by atoms with Crippen molar-refractivity contribution in [1.29, 1.82) is 0 Å². The summed E-state index contributed by atoms with van der Waals surface area (Å²) in [6.07, 6.45) is 7.86. The first-order valence-corrected chi connectivity index (χ1v) is 3.76. The van der Waals surface area contributed by atoms with Crippen LogP contribution in [-0.4, -0.2) is 19.3 Å². The number of nitrogens with one attached hydrogen (secondary N) is 2. The van der Waals surface area contributed by atoms with Gasteiger partial charge in [-0.3, -0.25) is 5.32 Å². The van der Waals surface area contributed by atoms with Gasteiger partial charge < -0.3 is 5.32 Å². The molecule has 0 spiro atoms. The number of hydrogen-bond donors (Lipinski definition) is 2. The van der Waals surface area contributed by atoms with E-state index in [4.69, 9.17) is 0 Å². The number of fused-ring (bicyclic) bond motifs is 1. The van der Waals surface area contributed by atoms with Gasteiger partial charge in [-0.25, -0.2) is 0 Å². The molecule has 2 N–H and O–H groups in total. The Balaban J connectivity index is 2.13. The minimum atomic E-state index is 0.523. The summed E-state index contributed by atoms with van der Waals surface area (Å²) in [6.45, 7) is 1.99. The van der Waals surface area contributed by atoms with Crippen LogP contribution in [0.1, 0.15) is 6.42 Å². The van der Waals surface area contributed by atoms with Crippen molar-refractivity contribution in [2.75, 3.05) is 13.2 Å². The summed E-state index contributed by atoms with van der Waals surface area (Å²) in [4.78, 5) is 0. The van der Waals surface area contributed by atoms with Crippen LogP contribution in [-0.2, 0) is 0 Å². The number of rotatable bonds is 0. The van der Waals surface area contributed by atoms with Gasteiger partial charge in [0.15, 0.2) is 0 Å². The standard InChI is InChI=1S/C8H12N2/c1-2-4-8-7(3-1)5-9-6-10-8/h2-4,8-10H,1,5-6H2. The van der Waals surface area contributed by atoms with E-state index in [2.05, 4.69) is 28.9 Å². The Hall–Kier alpha value is -0.600. The Labute approximate surface area is 61.0 Å². The zero-order valence-corrected chi connectivity index (χ0v) is 5.93. The third kappa shape index (κ3) is 1.00. The number of hydrogen-bond acceptors (Lipinski definition) is 2. The van der Waals surface area contributed by atoms with Crippen LogP contribution in [0.25, 0.3) is 0 Å². The summed E-state index contributed by atoms with van der Waals surface area (Å²) in [6, 6.07) is 0.523. The molecule has 10 heavy (non-hydrogen) atoms. The van der Waals surface area contributed by atoms with Gasteiger partial charge in [-0.15, -0.1) is 0 Å². The predicted molar refractivity (Wildman–Crippen MR) is 41.6 cm³/mol. The summed E-state index contributed by atoms with van der Waals surface area (Å²) < 4.78 is 0. The Morgan fingerprint density at radius 3 is 3.40 bits per heavy atom. The molecule has 1 atom stereocenters. The summed E-state index contributed by atoms with van der Waals surface area (Å²) in [5.74, 6) is 0. The molecule has 1 saturated heterocycles. The molecule has 2 aliphatic rings. The van der Waals surface area contributed by atoms with Gasteiger partial charge in [0.05, 0.1) is 0 Å². The maximum absolute atomic E-state index is 3.35. The van der Waals surface area contributed by atoms with Crippen molar-refractivity contribution in [2.24, 2.45) is 0 Å². The monoisotopic (exact) mass is 136 g/mol. The molecule has 0 aromatic carbocycles. The van der Waals surface area contributed by atoms with Gasteiger partial charge in [-0.2, -0.15) is 0 Å². The minimum Gasteiger partial charge on any atom is -0.301 e. The highest BCUT2D eigenvalue weighted by Crippen LogP contribution is 2.12. The van der Waals surface area contributed by atoms with E-state index in [9.17, 15) is 0 Å². The third-order valence-electron chi connectivity index (χ3n) is 2.02. The van der Waals surface area contributed by atoms with Crippen molar-refractivity contribution < 1.29 is 0 Å². The van der Waals surface area contributed by atoms with E-state index in [-0.39, 0.29) is 0 Å². The molecular weight excluding hydrogens is 124 g/mol. The van der Waals surface area contributed by atoms with Gasteiger partial charge in [0.1, 0.15) is 0 Å². The Kier molecular flexibility index (Phi) is 1.57. The fraction of sp³-hybridized carbons (Fsp3) is 0.500. The fourth-order valence-electron chi connectivity index (χ4n) is 1.45. The molecule has 1 fully saturated rings. The third-order valence-corrected chi connectivity index (χ3v) is 2.02. The van der Waals surface area contributed by atoms with Crippen molar-refractivity contribution in [3.8, 4) is 0 Å². The molecule has 1 heterocycles. The van der Waals surface area contributed by atoms with E-state index in [1.54, 1.807) is 0 Å². The smallest absolute Gasteiger partial charge is 0.0488 e. The van der Waals surface area contributed by atoms with Crippen LogP contribution in [0.5, 0.6) is 0 Å². The van der Waals surface area contributed by atoms with Crippen molar-refractivity contribution >= 4 is 0 Å². The van der Waals surface area contributed by atoms with Gasteiger partial charge in [-0.1, -0.05) is 18.2 Å². The van der Waals surface area contributed by atoms with Crippen molar-refractivity contribution in [3.05, 3.63) is 23.8 Å². The van der Waals surface area contributed by atoms with E-state index >= 15 is 0 Å². The molecule has 2 heteroatoms. The summed E-state index contributed by atoms with van der Waals surface area (Å²) in [5.41, 5.74) is 1.49. The maximum Gasteiger partial charge on any atom is 0.0488 e. The van der Waals surface area contributed by atoms with Crippen molar-refractivity contribution in [1.82, 2.24) is 10.6 Å². The van der Waals surface area contributed by atoms with Crippen LogP contribution in [0.15, 0.2) is 23.8 Å². The molecule has 1 unspecified atom stereocenters. The van der Waals surface area contributed by atoms with Gasteiger partial charge in [-0.05, 0) is 12.0 Å². The lowest BCUT2D eigenvalue weighted by molar-refractivity contribution is 0.512. The van der Waals surface area contributed by atoms with Crippen LogP contribution in [0.2, 0.25) is 0 Å². The molecule has 54 valence electrons. The Bertz CT molecular complexity index is 182. The molecule has 0 bridgehead atoms. The Morgan fingerprint density at radius 1 is 1.50 bits per heavy atom. The molecule has 0 aromatic heterocycles. The number of allylic oxidation sites excluding steroid dienone is 2. The van der Waals surface area contributed by atoms with E-state index in [0.29, 0.717) is 6.04 Å². The highest BCUT2D eigenvalue weighted by molar-refractivity contribution is 5.26. The predicted octanol–water partition coefficient (Wildman–Crippen LogP) is 0.392. The second-order valence-electron chi connectivity index (χ2n) is 2.73. The molecular formula is C8H12N2. The molecule has 2 nitrogen and oxygen atoms in total. The van der Waals surface area contributed by atoms with E-state index in [1.165, 1.54) is 5.57 Å². The highest BCUT2D eigenvalue weighted by atomic mass is 15.1. The van der Waals surface area contributed by atoms with Gasteiger partial charge in [0.2, 0.25) is 0 Å². The lowest BCUT2D eigenvalue weighted by Gasteiger charge is -2.27. The van der Waals surface area contributed by atoms with Gasteiger partial charge in [0, 0.05) is 19.3 Å². The van der Waals surface area contributed by atoms with Crippen molar-refractivity contribution in [3.63, 3.8) is 0 Å². The maximum atomic E-state index is 3.35.